The van der Waals surface area contributed by atoms with Gasteiger partial charge in [-0.25, -0.2) is 22.9 Å². The van der Waals surface area contributed by atoms with Crippen LogP contribution in [0.4, 0.5) is 27.7 Å². The van der Waals surface area contributed by atoms with E-state index in [2.05, 4.69) is 25.5 Å². The van der Waals surface area contributed by atoms with Crippen molar-refractivity contribution in [1.29, 1.82) is 0 Å². The molecule has 10 nitrogen and oxygen atoms in total. The van der Waals surface area contributed by atoms with Gasteiger partial charge in [-0.05, 0) is 36.8 Å². The van der Waals surface area contributed by atoms with Crippen LogP contribution >= 0.6 is 0 Å². The van der Waals surface area contributed by atoms with Crippen LogP contribution in [0.25, 0.3) is 10.9 Å². The molecule has 0 fully saturated rings. The molecule has 0 atom stereocenters. The first kappa shape index (κ1) is 21.5. The standard InChI is InChI=1S/C20H20FN7O3S/c1-11-6-17-15(10-16(11)21)19(27-26-17)28(2)18-4-5-23-20(25-18)24-12-7-13(31-3)9-14(8-12)32(22,29)30/h4-10H,1-3H3,(H,26,27)(H2,22,29,30)(H,23,24,25). The van der Waals surface area contributed by atoms with Gasteiger partial charge in [0.05, 0.1) is 17.5 Å². The number of ether oxygens (including phenoxy) is 1. The number of nitrogens with one attached hydrogen (secondary N) is 2. The van der Waals surface area contributed by atoms with Crippen molar-refractivity contribution in [1.82, 2.24) is 20.2 Å². The quantitative estimate of drug-likeness (QED) is 0.402. The number of primary sulfonamides is 1. The van der Waals surface area contributed by atoms with E-state index >= 15 is 0 Å². The predicted octanol–water partition coefficient (Wildman–Crippen LogP) is 2.97. The molecule has 0 amide bonds. The van der Waals surface area contributed by atoms with Crippen molar-refractivity contribution < 1.29 is 17.5 Å². The number of nitrogens with zero attached hydrogens (tertiary/aromatic N) is 4. The van der Waals surface area contributed by atoms with E-state index in [0.29, 0.717) is 39.5 Å². The third kappa shape index (κ3) is 4.18. The number of fused-ring (bicyclic) bond motifs is 1. The molecular formula is C20H20FN7O3S. The first-order chi connectivity index (χ1) is 15.2. The number of hydrogen-bond acceptors (Lipinski definition) is 8. The minimum Gasteiger partial charge on any atom is -0.497 e. The number of aromatic nitrogens is 4. The average molecular weight is 457 g/mol. The summed E-state index contributed by atoms with van der Waals surface area (Å²) in [6.07, 6.45) is 1.53. The SMILES string of the molecule is COc1cc(Nc2nccc(N(C)c3n[nH]c4cc(C)c(F)cc34)n2)cc(S(N)(=O)=O)c1. The van der Waals surface area contributed by atoms with Crippen LogP contribution < -0.4 is 20.1 Å². The second kappa shape index (κ2) is 8.05. The predicted molar refractivity (Wildman–Crippen MR) is 119 cm³/mol. The Labute approximate surface area is 183 Å². The average Bonchev–Trinajstić information content (AvgIpc) is 3.15. The molecule has 166 valence electrons. The zero-order chi connectivity index (χ0) is 23.0. The second-order valence-corrected chi connectivity index (χ2v) is 8.62. The van der Waals surface area contributed by atoms with E-state index < -0.39 is 10.0 Å². The van der Waals surface area contributed by atoms with Crippen molar-refractivity contribution in [3.8, 4) is 5.75 Å². The maximum Gasteiger partial charge on any atom is 0.238 e. The summed E-state index contributed by atoms with van der Waals surface area (Å²) in [7, 11) is -0.787. The minimum atomic E-state index is -3.94. The fourth-order valence-electron chi connectivity index (χ4n) is 3.15. The van der Waals surface area contributed by atoms with E-state index in [1.54, 1.807) is 37.1 Å². The largest absolute Gasteiger partial charge is 0.497 e. The topological polar surface area (TPSA) is 139 Å². The van der Waals surface area contributed by atoms with Crippen molar-refractivity contribution >= 4 is 44.2 Å². The van der Waals surface area contributed by atoms with Crippen molar-refractivity contribution in [2.24, 2.45) is 5.14 Å². The lowest BCUT2D eigenvalue weighted by molar-refractivity contribution is 0.413. The summed E-state index contributed by atoms with van der Waals surface area (Å²) in [5.74, 6) is 1.13. The highest BCUT2D eigenvalue weighted by Gasteiger charge is 2.16. The molecule has 4 N–H and O–H groups in total. The number of nitrogens with two attached hydrogens (primary N) is 1. The highest BCUT2D eigenvalue weighted by Crippen LogP contribution is 2.30. The Hall–Kier alpha value is -3.77. The van der Waals surface area contributed by atoms with Gasteiger partial charge >= 0.3 is 0 Å². The van der Waals surface area contributed by atoms with Crippen molar-refractivity contribution in [3.05, 3.63) is 54.0 Å². The summed E-state index contributed by atoms with van der Waals surface area (Å²) < 4.78 is 42.8. The number of benzene rings is 2. The molecule has 0 spiro atoms. The molecule has 2 aromatic carbocycles. The van der Waals surface area contributed by atoms with Crippen molar-refractivity contribution in [2.45, 2.75) is 11.8 Å². The summed E-state index contributed by atoms with van der Waals surface area (Å²) in [6.45, 7) is 1.68. The van der Waals surface area contributed by atoms with Gasteiger partial charge in [-0.3, -0.25) is 5.10 Å². The highest BCUT2D eigenvalue weighted by molar-refractivity contribution is 7.89. The van der Waals surface area contributed by atoms with Gasteiger partial charge in [-0.1, -0.05) is 0 Å². The van der Waals surface area contributed by atoms with Gasteiger partial charge in [0.2, 0.25) is 16.0 Å². The number of hydrogen-bond donors (Lipinski definition) is 3. The molecule has 0 saturated heterocycles. The smallest absolute Gasteiger partial charge is 0.238 e. The van der Waals surface area contributed by atoms with E-state index in [4.69, 9.17) is 9.88 Å². The van der Waals surface area contributed by atoms with E-state index in [0.717, 1.165) is 0 Å². The fourth-order valence-corrected chi connectivity index (χ4v) is 3.72. The first-order valence-corrected chi connectivity index (χ1v) is 10.9. The minimum absolute atomic E-state index is 0.118. The van der Waals surface area contributed by atoms with Crippen LogP contribution in [0.1, 0.15) is 5.56 Å². The van der Waals surface area contributed by atoms with Crippen molar-refractivity contribution in [3.63, 3.8) is 0 Å². The van der Waals surface area contributed by atoms with Crippen LogP contribution in [-0.2, 0) is 10.0 Å². The number of methoxy groups -OCH3 is 1. The zero-order valence-electron chi connectivity index (χ0n) is 17.4. The van der Waals surface area contributed by atoms with Gasteiger partial charge in [0.15, 0.2) is 5.82 Å². The molecule has 0 aliphatic rings. The van der Waals surface area contributed by atoms with Crippen LogP contribution in [0.15, 0.2) is 47.5 Å². The third-order valence-electron chi connectivity index (χ3n) is 4.82. The molecule has 4 aromatic rings. The Bertz CT molecular complexity index is 1420. The first-order valence-electron chi connectivity index (χ1n) is 9.35. The number of sulfonamides is 1. The number of rotatable bonds is 6. The number of H-pyrrole nitrogens is 1. The van der Waals surface area contributed by atoms with E-state index in [9.17, 15) is 12.8 Å². The molecule has 0 saturated carbocycles. The molecular weight excluding hydrogens is 437 g/mol. The van der Waals surface area contributed by atoms with Crippen LogP contribution in [-0.4, -0.2) is 42.7 Å². The summed E-state index contributed by atoms with van der Waals surface area (Å²) in [6, 6.07) is 9.02. The van der Waals surface area contributed by atoms with Crippen LogP contribution in [0.5, 0.6) is 5.75 Å². The van der Waals surface area contributed by atoms with Crippen LogP contribution in [0, 0.1) is 12.7 Å². The highest BCUT2D eigenvalue weighted by atomic mass is 32.2. The lowest BCUT2D eigenvalue weighted by atomic mass is 10.1. The Morgan fingerprint density at radius 3 is 2.72 bits per heavy atom. The molecule has 12 heteroatoms. The molecule has 0 radical (unpaired) electrons. The van der Waals surface area contributed by atoms with Gasteiger partial charge in [-0.2, -0.15) is 10.1 Å². The normalized spacial score (nSPS) is 11.5. The third-order valence-corrected chi connectivity index (χ3v) is 5.72. The molecule has 0 bridgehead atoms. The molecule has 4 rings (SSSR count). The number of aryl methyl sites for hydroxylation is 1. The van der Waals surface area contributed by atoms with Gasteiger partial charge in [0, 0.05) is 36.5 Å². The van der Waals surface area contributed by atoms with Gasteiger partial charge in [-0.15, -0.1) is 0 Å². The Balaban J connectivity index is 1.67. The monoisotopic (exact) mass is 457 g/mol. The van der Waals surface area contributed by atoms with Crippen LogP contribution in [0.3, 0.4) is 0 Å². The van der Waals surface area contributed by atoms with E-state index in [1.165, 1.54) is 31.5 Å². The van der Waals surface area contributed by atoms with Crippen LogP contribution in [0.2, 0.25) is 0 Å². The lowest BCUT2D eigenvalue weighted by Gasteiger charge is -2.17. The molecule has 2 aromatic heterocycles. The summed E-state index contributed by atoms with van der Waals surface area (Å²) in [5, 5.41) is 16.0. The molecule has 0 aliphatic carbocycles. The Morgan fingerprint density at radius 1 is 1.22 bits per heavy atom. The van der Waals surface area contributed by atoms with E-state index in [1.807, 2.05) is 0 Å². The lowest BCUT2D eigenvalue weighted by Crippen LogP contribution is -2.14. The molecule has 32 heavy (non-hydrogen) atoms. The maximum atomic E-state index is 14.1. The van der Waals surface area contributed by atoms with Gasteiger partial charge in [0.1, 0.15) is 17.4 Å². The Kier molecular flexibility index (Phi) is 5.40. The van der Waals surface area contributed by atoms with Gasteiger partial charge in [0.25, 0.3) is 0 Å². The summed E-state index contributed by atoms with van der Waals surface area (Å²) in [4.78, 5) is 10.2. The maximum absolute atomic E-state index is 14.1. The molecule has 0 aliphatic heterocycles. The zero-order valence-corrected chi connectivity index (χ0v) is 18.2. The Morgan fingerprint density at radius 2 is 2.00 bits per heavy atom. The second-order valence-electron chi connectivity index (χ2n) is 7.06. The number of anilines is 4. The number of halogens is 1. The fraction of sp³-hybridized carbons (Fsp3) is 0.150. The molecule has 0 unspecified atom stereocenters. The van der Waals surface area contributed by atoms with E-state index in [-0.39, 0.29) is 16.7 Å². The summed E-state index contributed by atoms with van der Waals surface area (Å²) >= 11 is 0. The number of aromatic amines is 1. The van der Waals surface area contributed by atoms with Gasteiger partial charge < -0.3 is 15.0 Å². The van der Waals surface area contributed by atoms with Crippen molar-refractivity contribution in [2.75, 3.05) is 24.4 Å². The summed E-state index contributed by atoms with van der Waals surface area (Å²) in [5.41, 5.74) is 1.59. The molecule has 2 heterocycles.